The highest BCUT2D eigenvalue weighted by atomic mass is 19.4. The second-order valence-corrected chi connectivity index (χ2v) is 10.7. The van der Waals surface area contributed by atoms with Crippen LogP contribution in [0.15, 0.2) is 83.8 Å². The third kappa shape index (κ3) is 5.64. The average Bonchev–Trinajstić information content (AvgIpc) is 3.29. The van der Waals surface area contributed by atoms with E-state index in [2.05, 4.69) is 9.88 Å². The fourth-order valence-electron chi connectivity index (χ4n) is 5.54. The van der Waals surface area contributed by atoms with Crippen LogP contribution < -0.4 is 19.9 Å². The topological polar surface area (TPSA) is 76.9 Å². The molecule has 6 rings (SSSR count). The third-order valence-electron chi connectivity index (χ3n) is 7.59. The molecule has 222 valence electrons. The summed E-state index contributed by atoms with van der Waals surface area (Å²) >= 11 is 0. The van der Waals surface area contributed by atoms with Crippen LogP contribution in [0.1, 0.15) is 28.5 Å². The summed E-state index contributed by atoms with van der Waals surface area (Å²) < 4.78 is 66.3. The second kappa shape index (κ2) is 10.8. The molecular weight excluding hydrogens is 568 g/mol. The molecule has 8 nitrogen and oxygen atoms in total. The fraction of sp³-hybridized carbons (Fsp3) is 0.258. The van der Waals surface area contributed by atoms with Gasteiger partial charge in [-0.2, -0.15) is 13.2 Å². The number of pyridine rings is 2. The van der Waals surface area contributed by atoms with Crippen molar-refractivity contribution >= 4 is 11.7 Å². The molecule has 4 aromatic rings. The first-order valence-electron chi connectivity index (χ1n) is 13.5. The van der Waals surface area contributed by atoms with Crippen molar-refractivity contribution in [2.45, 2.75) is 31.8 Å². The average molecular weight is 595 g/mol. The van der Waals surface area contributed by atoms with Gasteiger partial charge in [0.2, 0.25) is 0 Å². The molecule has 1 amide bonds. The molecule has 1 atom stereocenters. The summed E-state index contributed by atoms with van der Waals surface area (Å²) in [6.45, 7) is 3.84. The number of rotatable bonds is 6. The van der Waals surface area contributed by atoms with E-state index in [9.17, 15) is 27.2 Å². The Bertz CT molecular complexity index is 1740. The number of aromatic nitrogens is 2. The van der Waals surface area contributed by atoms with E-state index in [0.29, 0.717) is 54.9 Å². The Kier molecular flexibility index (Phi) is 7.07. The van der Waals surface area contributed by atoms with E-state index >= 15 is 0 Å². The summed E-state index contributed by atoms with van der Waals surface area (Å²) in [5, 5.41) is 0. The summed E-state index contributed by atoms with van der Waals surface area (Å²) in [7, 11) is 0. The maximum Gasteiger partial charge on any atom is 0.433 e. The highest BCUT2D eigenvalue weighted by Gasteiger charge is 2.45. The maximum absolute atomic E-state index is 14.8. The number of ether oxygens (including phenoxy) is 2. The highest BCUT2D eigenvalue weighted by Crippen LogP contribution is 2.37. The predicted octanol–water partition coefficient (Wildman–Crippen LogP) is 5.51. The quantitative estimate of drug-likeness (QED) is 0.274. The van der Waals surface area contributed by atoms with E-state index in [4.69, 9.17) is 9.47 Å². The van der Waals surface area contributed by atoms with Crippen LogP contribution in [-0.4, -0.2) is 45.5 Å². The van der Waals surface area contributed by atoms with Gasteiger partial charge in [-0.15, -0.1) is 0 Å². The molecule has 43 heavy (non-hydrogen) atoms. The Balaban J connectivity index is 1.13. The molecule has 0 saturated carbocycles. The Hall–Kier alpha value is -4.87. The van der Waals surface area contributed by atoms with E-state index in [-0.39, 0.29) is 29.6 Å². The second-order valence-electron chi connectivity index (χ2n) is 10.7. The lowest BCUT2D eigenvalue weighted by Crippen LogP contribution is -2.61. The van der Waals surface area contributed by atoms with Crippen LogP contribution in [0, 0.1) is 5.82 Å². The molecular formula is C31H26F4N4O4. The number of benzene rings is 2. The van der Waals surface area contributed by atoms with E-state index < -0.39 is 23.2 Å². The number of hydrogen-bond donors (Lipinski definition) is 0. The first kappa shape index (κ1) is 28.3. The minimum atomic E-state index is -4.66. The smallest absolute Gasteiger partial charge is 0.433 e. The normalized spacial score (nSPS) is 17.8. The molecule has 1 fully saturated rings. The van der Waals surface area contributed by atoms with Crippen molar-refractivity contribution in [1.82, 2.24) is 14.5 Å². The van der Waals surface area contributed by atoms with Crippen LogP contribution in [0.4, 0.5) is 23.4 Å². The highest BCUT2D eigenvalue weighted by molar-refractivity contribution is 5.94. The van der Waals surface area contributed by atoms with Crippen molar-refractivity contribution in [3.8, 4) is 17.2 Å². The summed E-state index contributed by atoms with van der Waals surface area (Å²) in [4.78, 5) is 33.3. The van der Waals surface area contributed by atoms with Crippen LogP contribution >= 0.6 is 0 Å². The van der Waals surface area contributed by atoms with Gasteiger partial charge in [-0.25, -0.2) is 4.39 Å². The van der Waals surface area contributed by atoms with Gasteiger partial charge in [-0.1, -0.05) is 24.3 Å². The van der Waals surface area contributed by atoms with Gasteiger partial charge in [0.15, 0.2) is 11.6 Å². The molecule has 2 aliphatic rings. The lowest BCUT2D eigenvalue weighted by atomic mass is 9.97. The van der Waals surface area contributed by atoms with E-state index in [1.807, 2.05) is 30.0 Å². The number of halogens is 4. The Labute approximate surface area is 243 Å². The molecule has 0 aliphatic carbocycles. The molecule has 4 heterocycles. The number of piperazine rings is 1. The Morgan fingerprint density at radius 3 is 2.51 bits per heavy atom. The van der Waals surface area contributed by atoms with Gasteiger partial charge in [0.05, 0.1) is 12.1 Å². The van der Waals surface area contributed by atoms with E-state index in [1.54, 1.807) is 22.8 Å². The number of fused-ring (bicyclic) bond motifs is 3. The predicted molar refractivity (Wildman–Crippen MR) is 149 cm³/mol. The van der Waals surface area contributed by atoms with Gasteiger partial charge in [0.25, 0.3) is 11.5 Å². The molecule has 2 aromatic heterocycles. The summed E-state index contributed by atoms with van der Waals surface area (Å²) in [5.41, 5.74) is -0.846. The monoisotopic (exact) mass is 594 g/mol. The van der Waals surface area contributed by atoms with Gasteiger partial charge < -0.3 is 19.3 Å². The SMILES string of the molecule is C[C@@]12CN(C(=O)c3ccccc3)CCN1c1cc(OCc3ccc(Oc4ccnc(C(F)(F)F)c4)c(F)c3)cc(=O)n1C2. The van der Waals surface area contributed by atoms with Crippen molar-refractivity contribution in [3.63, 3.8) is 0 Å². The number of anilines is 1. The molecule has 0 radical (unpaired) electrons. The zero-order valence-electron chi connectivity index (χ0n) is 23.0. The lowest BCUT2D eigenvalue weighted by Gasteiger charge is -2.45. The van der Waals surface area contributed by atoms with Crippen LogP contribution in [0.2, 0.25) is 0 Å². The number of amides is 1. The molecule has 0 unspecified atom stereocenters. The Morgan fingerprint density at radius 1 is 0.977 bits per heavy atom. The van der Waals surface area contributed by atoms with Gasteiger partial charge in [0.1, 0.15) is 29.6 Å². The number of carbonyl (C=O) groups excluding carboxylic acids is 1. The van der Waals surface area contributed by atoms with E-state index in [1.165, 1.54) is 24.3 Å². The summed E-state index contributed by atoms with van der Waals surface area (Å²) in [5.74, 6) is -0.324. The number of nitrogens with zero attached hydrogens (tertiary/aromatic N) is 4. The fourth-order valence-corrected chi connectivity index (χ4v) is 5.54. The largest absolute Gasteiger partial charge is 0.489 e. The summed E-state index contributed by atoms with van der Waals surface area (Å²) in [6.07, 6.45) is -3.72. The van der Waals surface area contributed by atoms with Crippen molar-refractivity contribution in [2.24, 2.45) is 0 Å². The van der Waals surface area contributed by atoms with Gasteiger partial charge in [-0.3, -0.25) is 19.1 Å². The molecule has 0 spiro atoms. The Morgan fingerprint density at radius 2 is 1.77 bits per heavy atom. The maximum atomic E-state index is 14.8. The zero-order valence-corrected chi connectivity index (χ0v) is 23.0. The third-order valence-corrected chi connectivity index (χ3v) is 7.59. The minimum Gasteiger partial charge on any atom is -0.489 e. The van der Waals surface area contributed by atoms with E-state index in [0.717, 1.165) is 12.3 Å². The van der Waals surface area contributed by atoms with Gasteiger partial charge in [0, 0.05) is 49.6 Å². The summed E-state index contributed by atoms with van der Waals surface area (Å²) in [6, 6.07) is 18.1. The van der Waals surface area contributed by atoms with Crippen molar-refractivity contribution in [1.29, 1.82) is 0 Å². The van der Waals surface area contributed by atoms with Crippen LogP contribution in [0.25, 0.3) is 0 Å². The first-order valence-corrected chi connectivity index (χ1v) is 13.5. The molecule has 12 heteroatoms. The van der Waals surface area contributed by atoms with Gasteiger partial charge >= 0.3 is 6.18 Å². The number of alkyl halides is 3. The minimum absolute atomic E-state index is 0.0516. The van der Waals surface area contributed by atoms with Crippen molar-refractivity contribution in [2.75, 3.05) is 24.5 Å². The molecule has 2 aromatic carbocycles. The standard InChI is InChI=1S/C31H26F4N4O4/c1-30-18-37(29(41)21-5-3-2-4-6-21)11-12-39(30)27-15-23(16-28(40)38(27)19-30)42-17-20-7-8-25(24(32)13-20)43-22-9-10-36-26(14-22)31(33,34)35/h2-10,13-16H,11-12,17-19H2,1H3/t30-/m0/s1. The number of hydrogen-bond acceptors (Lipinski definition) is 6. The molecule has 2 aliphatic heterocycles. The van der Waals surface area contributed by atoms with Crippen LogP contribution in [-0.2, 0) is 19.3 Å². The van der Waals surface area contributed by atoms with Crippen LogP contribution in [0.3, 0.4) is 0 Å². The lowest BCUT2D eigenvalue weighted by molar-refractivity contribution is -0.141. The molecule has 1 saturated heterocycles. The molecule has 0 N–H and O–H groups in total. The van der Waals surface area contributed by atoms with Crippen molar-refractivity contribution < 1.29 is 31.8 Å². The number of carbonyl (C=O) groups is 1. The van der Waals surface area contributed by atoms with Crippen molar-refractivity contribution in [3.05, 3.63) is 112 Å². The first-order chi connectivity index (χ1) is 20.5. The molecule has 0 bridgehead atoms. The zero-order chi connectivity index (χ0) is 30.4. The van der Waals surface area contributed by atoms with Gasteiger partial charge in [-0.05, 0) is 42.8 Å². The van der Waals surface area contributed by atoms with Crippen LogP contribution in [0.5, 0.6) is 17.2 Å².